The summed E-state index contributed by atoms with van der Waals surface area (Å²) in [6.07, 6.45) is 2.59. The van der Waals surface area contributed by atoms with E-state index in [1.165, 1.54) is 22.7 Å². The standard InChI is InChI=1S/C16H23N5O3S/c1-19(2)25(23,24)21-8-5-16(22)4-7-20(11-14(16)12-21)15-9-13(10-17)3-6-18-15/h3,6,9,14,22H,4-5,7-8,11-12H2,1-2H3/t14-,16-/m1/s1. The minimum atomic E-state index is -3.49. The second-order valence-corrected chi connectivity index (χ2v) is 9.05. The number of nitriles is 1. The number of piperidine rings is 2. The first-order valence-corrected chi connectivity index (χ1v) is 9.67. The first-order valence-electron chi connectivity index (χ1n) is 8.27. The molecule has 2 aliphatic heterocycles. The van der Waals surface area contributed by atoms with Crippen LogP contribution in [0.25, 0.3) is 0 Å². The number of hydrogen-bond donors (Lipinski definition) is 1. The van der Waals surface area contributed by atoms with Crippen molar-refractivity contribution < 1.29 is 13.5 Å². The van der Waals surface area contributed by atoms with Crippen LogP contribution >= 0.6 is 0 Å². The molecule has 0 aromatic carbocycles. The van der Waals surface area contributed by atoms with Gasteiger partial charge in [0.05, 0.1) is 17.2 Å². The molecule has 1 aromatic heterocycles. The first-order chi connectivity index (χ1) is 11.8. The van der Waals surface area contributed by atoms with Crippen LogP contribution in [0.5, 0.6) is 0 Å². The molecule has 3 rings (SSSR count). The fourth-order valence-corrected chi connectivity index (χ4v) is 4.73. The number of hydrogen-bond acceptors (Lipinski definition) is 6. The van der Waals surface area contributed by atoms with Gasteiger partial charge in [-0.2, -0.15) is 22.3 Å². The van der Waals surface area contributed by atoms with Crippen LogP contribution in [0.1, 0.15) is 18.4 Å². The lowest BCUT2D eigenvalue weighted by molar-refractivity contribution is -0.0694. The molecule has 9 heteroatoms. The highest BCUT2D eigenvalue weighted by molar-refractivity contribution is 7.86. The Kier molecular flexibility index (Phi) is 4.72. The van der Waals surface area contributed by atoms with Gasteiger partial charge in [-0.05, 0) is 25.0 Å². The highest BCUT2D eigenvalue weighted by atomic mass is 32.2. The molecule has 0 aliphatic carbocycles. The van der Waals surface area contributed by atoms with Gasteiger partial charge in [-0.3, -0.25) is 0 Å². The van der Waals surface area contributed by atoms with Crippen LogP contribution in [0.2, 0.25) is 0 Å². The van der Waals surface area contributed by atoms with Gasteiger partial charge in [-0.15, -0.1) is 0 Å². The van der Waals surface area contributed by atoms with E-state index in [4.69, 9.17) is 5.26 Å². The summed E-state index contributed by atoms with van der Waals surface area (Å²) in [4.78, 5) is 6.34. The number of fused-ring (bicyclic) bond motifs is 1. The molecule has 0 amide bonds. The van der Waals surface area contributed by atoms with Crippen LogP contribution in [0.4, 0.5) is 5.82 Å². The van der Waals surface area contributed by atoms with Gasteiger partial charge >= 0.3 is 0 Å². The summed E-state index contributed by atoms with van der Waals surface area (Å²) in [6, 6.07) is 5.47. The van der Waals surface area contributed by atoms with Gasteiger partial charge in [0.2, 0.25) is 0 Å². The van der Waals surface area contributed by atoms with E-state index in [2.05, 4.69) is 11.1 Å². The molecular formula is C16H23N5O3S. The molecule has 136 valence electrons. The summed E-state index contributed by atoms with van der Waals surface area (Å²) in [5, 5.41) is 20.0. The Balaban J connectivity index is 1.80. The predicted molar refractivity (Wildman–Crippen MR) is 93.0 cm³/mol. The van der Waals surface area contributed by atoms with Crippen molar-refractivity contribution in [3.8, 4) is 6.07 Å². The average molecular weight is 365 g/mol. The van der Waals surface area contributed by atoms with Gasteiger partial charge in [-0.1, -0.05) is 0 Å². The predicted octanol–water partition coefficient (Wildman–Crippen LogP) is 0.0228. The van der Waals surface area contributed by atoms with Crippen LogP contribution in [0.3, 0.4) is 0 Å². The Bertz CT molecular complexity index is 791. The lowest BCUT2D eigenvalue weighted by Gasteiger charge is -2.50. The van der Waals surface area contributed by atoms with E-state index >= 15 is 0 Å². The zero-order chi connectivity index (χ0) is 18.2. The summed E-state index contributed by atoms with van der Waals surface area (Å²) in [6.45, 7) is 1.76. The van der Waals surface area contributed by atoms with Crippen LogP contribution in [-0.2, 0) is 10.2 Å². The van der Waals surface area contributed by atoms with Crippen molar-refractivity contribution in [1.82, 2.24) is 13.6 Å². The van der Waals surface area contributed by atoms with E-state index in [0.29, 0.717) is 43.9 Å². The van der Waals surface area contributed by atoms with E-state index in [9.17, 15) is 13.5 Å². The second kappa shape index (κ2) is 6.53. The maximum Gasteiger partial charge on any atom is 0.281 e. The number of pyridine rings is 1. The van der Waals surface area contributed by atoms with Crippen molar-refractivity contribution in [1.29, 1.82) is 5.26 Å². The molecule has 2 fully saturated rings. The summed E-state index contributed by atoms with van der Waals surface area (Å²) >= 11 is 0. The molecule has 0 unspecified atom stereocenters. The Morgan fingerprint density at radius 1 is 1.36 bits per heavy atom. The lowest BCUT2D eigenvalue weighted by Crippen LogP contribution is -2.61. The second-order valence-electron chi connectivity index (χ2n) is 6.91. The Hall–Kier alpha value is -1.73. The molecule has 0 spiro atoms. The van der Waals surface area contributed by atoms with Gasteiger partial charge in [-0.25, -0.2) is 4.98 Å². The minimum absolute atomic E-state index is 0.197. The molecule has 8 nitrogen and oxygen atoms in total. The summed E-state index contributed by atoms with van der Waals surface area (Å²) < 4.78 is 27.5. The van der Waals surface area contributed by atoms with Crippen LogP contribution in [0.15, 0.2) is 18.3 Å². The van der Waals surface area contributed by atoms with Crippen LogP contribution in [-0.4, -0.2) is 73.0 Å². The maximum absolute atomic E-state index is 12.4. The molecule has 2 saturated heterocycles. The molecule has 0 saturated carbocycles. The quantitative estimate of drug-likeness (QED) is 0.811. The molecule has 2 atom stereocenters. The molecule has 0 radical (unpaired) electrons. The summed E-state index contributed by atoms with van der Waals surface area (Å²) in [7, 11) is -0.463. The Labute approximate surface area is 148 Å². The fraction of sp³-hybridized carbons (Fsp3) is 0.625. The third-order valence-electron chi connectivity index (χ3n) is 5.22. The van der Waals surface area contributed by atoms with Gasteiger partial charge in [0.15, 0.2) is 0 Å². The maximum atomic E-state index is 12.4. The largest absolute Gasteiger partial charge is 0.389 e. The number of aliphatic hydroxyl groups is 1. The molecular weight excluding hydrogens is 342 g/mol. The molecule has 25 heavy (non-hydrogen) atoms. The number of rotatable bonds is 3. The van der Waals surface area contributed by atoms with Crippen LogP contribution < -0.4 is 4.90 Å². The molecule has 3 heterocycles. The minimum Gasteiger partial charge on any atom is -0.389 e. The summed E-state index contributed by atoms with van der Waals surface area (Å²) in [5.74, 6) is 0.492. The smallest absolute Gasteiger partial charge is 0.281 e. The summed E-state index contributed by atoms with van der Waals surface area (Å²) in [5.41, 5.74) is -0.312. The van der Waals surface area contributed by atoms with Crippen molar-refractivity contribution in [3.05, 3.63) is 23.9 Å². The van der Waals surface area contributed by atoms with E-state index in [1.807, 2.05) is 4.90 Å². The van der Waals surface area contributed by atoms with Crippen LogP contribution in [0, 0.1) is 17.2 Å². The van der Waals surface area contributed by atoms with Crippen molar-refractivity contribution in [2.75, 3.05) is 45.2 Å². The van der Waals surface area contributed by atoms with E-state index in [-0.39, 0.29) is 12.5 Å². The van der Waals surface area contributed by atoms with Gasteiger partial charge < -0.3 is 10.0 Å². The van der Waals surface area contributed by atoms with E-state index in [0.717, 1.165) is 0 Å². The average Bonchev–Trinajstić information content (AvgIpc) is 2.60. The lowest BCUT2D eigenvalue weighted by atomic mass is 9.76. The first kappa shape index (κ1) is 18.1. The van der Waals surface area contributed by atoms with E-state index < -0.39 is 15.8 Å². The van der Waals surface area contributed by atoms with Gasteiger partial charge in [0, 0.05) is 52.4 Å². The third kappa shape index (κ3) is 3.35. The van der Waals surface area contributed by atoms with Gasteiger partial charge in [0.1, 0.15) is 5.82 Å². The number of aromatic nitrogens is 1. The molecule has 1 N–H and O–H groups in total. The molecule has 2 aliphatic rings. The van der Waals surface area contributed by atoms with Gasteiger partial charge in [0.25, 0.3) is 10.2 Å². The number of nitrogens with zero attached hydrogens (tertiary/aromatic N) is 5. The van der Waals surface area contributed by atoms with Crippen molar-refractivity contribution >= 4 is 16.0 Å². The fourth-order valence-electron chi connectivity index (χ4n) is 3.58. The van der Waals surface area contributed by atoms with Crippen molar-refractivity contribution in [2.45, 2.75) is 18.4 Å². The zero-order valence-corrected chi connectivity index (χ0v) is 15.3. The monoisotopic (exact) mass is 365 g/mol. The zero-order valence-electron chi connectivity index (χ0n) is 14.5. The SMILES string of the molecule is CN(C)S(=O)(=O)N1CC[C@]2(O)CCN(c3cc(C#N)ccn3)C[C@@H]2C1. The number of anilines is 1. The normalized spacial score (nSPS) is 27.8. The Morgan fingerprint density at radius 2 is 2.08 bits per heavy atom. The molecule has 0 bridgehead atoms. The Morgan fingerprint density at radius 3 is 2.76 bits per heavy atom. The van der Waals surface area contributed by atoms with Crippen molar-refractivity contribution in [3.63, 3.8) is 0 Å². The highest BCUT2D eigenvalue weighted by Crippen LogP contribution is 2.37. The van der Waals surface area contributed by atoms with E-state index in [1.54, 1.807) is 18.3 Å². The molecule has 1 aromatic rings. The van der Waals surface area contributed by atoms with Crippen molar-refractivity contribution in [2.24, 2.45) is 5.92 Å². The highest BCUT2D eigenvalue weighted by Gasteiger charge is 2.47. The third-order valence-corrected chi connectivity index (χ3v) is 7.13. The topological polar surface area (TPSA) is 101 Å².